The Morgan fingerprint density at radius 1 is 1.00 bits per heavy atom. The molecule has 0 aliphatic rings. The van der Waals surface area contributed by atoms with Gasteiger partial charge in [-0.05, 0) is 47.9 Å². The number of hydrogen-bond acceptors (Lipinski definition) is 2. The second-order valence-electron chi connectivity index (χ2n) is 5.23. The number of hydrogen-bond donors (Lipinski definition) is 1. The van der Waals surface area contributed by atoms with E-state index >= 15 is 0 Å². The predicted molar refractivity (Wildman–Crippen MR) is 84.1 cm³/mol. The molecule has 0 aromatic heterocycles. The van der Waals surface area contributed by atoms with E-state index < -0.39 is 0 Å². The summed E-state index contributed by atoms with van der Waals surface area (Å²) < 4.78 is 0. The third kappa shape index (κ3) is 2.99. The van der Waals surface area contributed by atoms with Gasteiger partial charge in [0.2, 0.25) is 0 Å². The van der Waals surface area contributed by atoms with Gasteiger partial charge in [-0.2, -0.15) is 0 Å². The zero-order valence-electron chi connectivity index (χ0n) is 12.1. The van der Waals surface area contributed by atoms with Crippen LogP contribution in [0.5, 0.6) is 0 Å². The van der Waals surface area contributed by atoms with Gasteiger partial charge in [0.05, 0.1) is 0 Å². The van der Waals surface area contributed by atoms with E-state index in [4.69, 9.17) is 5.73 Å². The third-order valence-corrected chi connectivity index (χ3v) is 3.41. The lowest BCUT2D eigenvalue weighted by Gasteiger charge is -2.18. The fraction of sp³-hybridized carbons (Fsp3) is 0.235. The van der Waals surface area contributed by atoms with Crippen molar-refractivity contribution in [1.29, 1.82) is 0 Å². The zero-order chi connectivity index (χ0) is 14.7. The lowest BCUT2D eigenvalue weighted by Crippen LogP contribution is -2.26. The molecule has 0 aliphatic heterocycles. The van der Waals surface area contributed by atoms with Gasteiger partial charge in [-0.15, -0.1) is 0 Å². The number of nitrogens with zero attached hydrogens (tertiary/aromatic N) is 1. The Kier molecular flexibility index (Phi) is 4.08. The van der Waals surface area contributed by atoms with Crippen molar-refractivity contribution < 1.29 is 4.79 Å². The highest BCUT2D eigenvalue weighted by Crippen LogP contribution is 2.19. The summed E-state index contributed by atoms with van der Waals surface area (Å²) in [5.41, 5.74) is 9.10. The van der Waals surface area contributed by atoms with Gasteiger partial charge in [0, 0.05) is 24.0 Å². The first-order valence-electron chi connectivity index (χ1n) is 6.72. The van der Waals surface area contributed by atoms with Gasteiger partial charge in [0.25, 0.3) is 5.91 Å². The predicted octanol–water partition coefficient (Wildman–Crippen LogP) is 3.67. The van der Waals surface area contributed by atoms with Crippen LogP contribution in [0.3, 0.4) is 0 Å². The number of nitrogen functional groups attached to an aromatic ring is 1. The molecule has 0 atom stereocenters. The van der Waals surface area contributed by atoms with E-state index in [1.54, 1.807) is 24.1 Å². The van der Waals surface area contributed by atoms with Crippen molar-refractivity contribution in [1.82, 2.24) is 0 Å². The highest BCUT2D eigenvalue weighted by atomic mass is 16.2. The van der Waals surface area contributed by atoms with Crippen molar-refractivity contribution in [3.05, 3.63) is 59.7 Å². The van der Waals surface area contributed by atoms with Gasteiger partial charge in [0.15, 0.2) is 0 Å². The van der Waals surface area contributed by atoms with Gasteiger partial charge in [0.1, 0.15) is 0 Å². The SMILES string of the molecule is CC(C)c1ccc(C(=O)N(C)c2ccc(N)cc2)cc1. The molecule has 0 heterocycles. The molecule has 2 N–H and O–H groups in total. The van der Waals surface area contributed by atoms with Gasteiger partial charge in [-0.25, -0.2) is 0 Å². The number of carbonyl (C=O) groups excluding carboxylic acids is 1. The van der Waals surface area contributed by atoms with E-state index in [1.165, 1.54) is 5.56 Å². The van der Waals surface area contributed by atoms with Crippen LogP contribution in [0.1, 0.15) is 35.7 Å². The minimum atomic E-state index is -0.0231. The number of benzene rings is 2. The van der Waals surface area contributed by atoms with Crippen LogP contribution < -0.4 is 10.6 Å². The lowest BCUT2D eigenvalue weighted by atomic mass is 10.0. The molecule has 2 rings (SSSR count). The van der Waals surface area contributed by atoms with Crippen LogP contribution in [-0.4, -0.2) is 13.0 Å². The number of carbonyl (C=O) groups is 1. The average molecular weight is 268 g/mol. The highest BCUT2D eigenvalue weighted by molar-refractivity contribution is 6.05. The molecular formula is C17H20N2O. The maximum atomic E-state index is 12.4. The molecule has 20 heavy (non-hydrogen) atoms. The fourth-order valence-electron chi connectivity index (χ4n) is 2.02. The smallest absolute Gasteiger partial charge is 0.258 e. The van der Waals surface area contributed by atoms with Gasteiger partial charge in [-0.3, -0.25) is 4.79 Å². The number of nitrogens with two attached hydrogens (primary N) is 1. The van der Waals surface area contributed by atoms with Crippen LogP contribution in [0.25, 0.3) is 0 Å². The second-order valence-corrected chi connectivity index (χ2v) is 5.23. The molecule has 0 saturated carbocycles. The van der Waals surface area contributed by atoms with Crippen molar-refractivity contribution in [3.8, 4) is 0 Å². The number of amides is 1. The normalized spacial score (nSPS) is 10.6. The quantitative estimate of drug-likeness (QED) is 0.863. The van der Waals surface area contributed by atoms with Crippen molar-refractivity contribution in [2.24, 2.45) is 0 Å². The Labute approximate surface area is 120 Å². The molecule has 2 aromatic rings. The Morgan fingerprint density at radius 3 is 2.05 bits per heavy atom. The Morgan fingerprint density at radius 2 is 1.55 bits per heavy atom. The Hall–Kier alpha value is -2.29. The van der Waals surface area contributed by atoms with Gasteiger partial charge < -0.3 is 10.6 Å². The lowest BCUT2D eigenvalue weighted by molar-refractivity contribution is 0.0993. The molecule has 104 valence electrons. The summed E-state index contributed by atoms with van der Waals surface area (Å²) in [7, 11) is 1.77. The Balaban J connectivity index is 2.20. The number of rotatable bonds is 3. The molecule has 0 radical (unpaired) electrons. The summed E-state index contributed by atoms with van der Waals surface area (Å²) >= 11 is 0. The van der Waals surface area contributed by atoms with E-state index in [2.05, 4.69) is 13.8 Å². The molecule has 0 spiro atoms. The van der Waals surface area contributed by atoms with Gasteiger partial charge in [-0.1, -0.05) is 26.0 Å². The number of anilines is 2. The fourth-order valence-corrected chi connectivity index (χ4v) is 2.02. The third-order valence-electron chi connectivity index (χ3n) is 3.41. The molecule has 3 heteroatoms. The summed E-state index contributed by atoms with van der Waals surface area (Å²) in [5, 5.41) is 0. The standard InChI is InChI=1S/C17H20N2O/c1-12(2)13-4-6-14(7-5-13)17(20)19(3)16-10-8-15(18)9-11-16/h4-12H,18H2,1-3H3. The van der Waals surface area contributed by atoms with Crippen LogP contribution in [0.4, 0.5) is 11.4 Å². The molecule has 3 nitrogen and oxygen atoms in total. The van der Waals surface area contributed by atoms with Crippen LogP contribution in [0.2, 0.25) is 0 Å². The van der Waals surface area contributed by atoms with E-state index in [9.17, 15) is 4.79 Å². The highest BCUT2D eigenvalue weighted by Gasteiger charge is 2.13. The first kappa shape index (κ1) is 14.1. The van der Waals surface area contributed by atoms with E-state index in [0.29, 0.717) is 17.2 Å². The largest absolute Gasteiger partial charge is 0.399 e. The Bertz CT molecular complexity index is 585. The molecule has 2 aromatic carbocycles. The molecule has 0 fully saturated rings. The molecule has 1 amide bonds. The first-order valence-corrected chi connectivity index (χ1v) is 6.72. The summed E-state index contributed by atoms with van der Waals surface area (Å²) in [6.07, 6.45) is 0. The summed E-state index contributed by atoms with van der Waals surface area (Å²) in [4.78, 5) is 14.0. The molecule has 0 saturated heterocycles. The zero-order valence-corrected chi connectivity index (χ0v) is 12.1. The van der Waals surface area contributed by atoms with Crippen LogP contribution in [0.15, 0.2) is 48.5 Å². The maximum absolute atomic E-state index is 12.4. The maximum Gasteiger partial charge on any atom is 0.258 e. The van der Waals surface area contributed by atoms with Crippen LogP contribution >= 0.6 is 0 Å². The molecule has 0 aliphatic carbocycles. The van der Waals surface area contributed by atoms with E-state index in [0.717, 1.165) is 5.69 Å². The topological polar surface area (TPSA) is 46.3 Å². The van der Waals surface area contributed by atoms with Crippen LogP contribution in [-0.2, 0) is 0 Å². The molecule has 0 bridgehead atoms. The van der Waals surface area contributed by atoms with Crippen molar-refractivity contribution >= 4 is 17.3 Å². The molecule has 0 unspecified atom stereocenters. The monoisotopic (exact) mass is 268 g/mol. The summed E-state index contributed by atoms with van der Waals surface area (Å²) in [6.45, 7) is 4.27. The van der Waals surface area contributed by atoms with Gasteiger partial charge >= 0.3 is 0 Å². The van der Waals surface area contributed by atoms with E-state index in [1.807, 2.05) is 36.4 Å². The van der Waals surface area contributed by atoms with Crippen molar-refractivity contribution in [2.45, 2.75) is 19.8 Å². The summed E-state index contributed by atoms with van der Waals surface area (Å²) in [5.74, 6) is 0.444. The second kappa shape index (κ2) is 5.78. The first-order chi connectivity index (χ1) is 9.49. The van der Waals surface area contributed by atoms with Crippen molar-refractivity contribution in [3.63, 3.8) is 0 Å². The summed E-state index contributed by atoms with van der Waals surface area (Å²) in [6, 6.07) is 15.0. The van der Waals surface area contributed by atoms with Crippen molar-refractivity contribution in [2.75, 3.05) is 17.7 Å². The van der Waals surface area contributed by atoms with Crippen LogP contribution in [0, 0.1) is 0 Å². The van der Waals surface area contributed by atoms with E-state index in [-0.39, 0.29) is 5.91 Å². The minimum absolute atomic E-state index is 0.0231. The molecular weight excluding hydrogens is 248 g/mol. The minimum Gasteiger partial charge on any atom is -0.399 e. The average Bonchev–Trinajstić information content (AvgIpc) is 2.46.